The van der Waals surface area contributed by atoms with Gasteiger partial charge in [0.1, 0.15) is 36.4 Å². The molecule has 1 aliphatic carbocycles. The molecule has 2 atom stereocenters. The molecule has 0 N–H and O–H groups in total. The Morgan fingerprint density at radius 2 is 1.90 bits per heavy atom. The number of hydrogen-bond donors (Lipinski definition) is 0. The van der Waals surface area contributed by atoms with Crippen molar-refractivity contribution in [2.45, 2.75) is 71.1 Å². The number of carbonyl (C=O) groups is 4. The number of benzene rings is 2. The first-order valence-electron chi connectivity index (χ1n) is 13.5. The van der Waals surface area contributed by atoms with Gasteiger partial charge >= 0.3 is 6.09 Å². The van der Waals surface area contributed by atoms with Crippen LogP contribution in [0, 0.1) is 5.92 Å². The molecule has 1 amide bonds. The van der Waals surface area contributed by atoms with E-state index in [2.05, 4.69) is 0 Å². The molecule has 0 aromatic heterocycles. The largest absolute Gasteiger partial charge is 0.488 e. The number of rotatable bonds is 6. The van der Waals surface area contributed by atoms with E-state index in [0.717, 1.165) is 46.9 Å². The zero-order valence-electron chi connectivity index (χ0n) is 23.0. The molecule has 1 fully saturated rings. The molecule has 0 spiro atoms. The van der Waals surface area contributed by atoms with Crippen LogP contribution >= 0.6 is 0 Å². The molecule has 8 nitrogen and oxygen atoms in total. The number of nitrogens with zero attached hydrogens (tertiary/aromatic N) is 1. The molecule has 3 aliphatic rings. The Hall–Kier alpha value is -3.52. The average Bonchev–Trinajstić information content (AvgIpc) is 3.23. The normalized spacial score (nSPS) is 21.9. The number of amides is 1. The molecule has 1 saturated heterocycles. The highest BCUT2D eigenvalue weighted by Crippen LogP contribution is 2.41. The summed E-state index contributed by atoms with van der Waals surface area (Å²) in [6, 6.07) is 9.40. The molecule has 39 heavy (non-hydrogen) atoms. The molecule has 2 heterocycles. The van der Waals surface area contributed by atoms with Gasteiger partial charge < -0.3 is 19.0 Å². The number of ketones is 2. The Labute approximate surface area is 228 Å². The highest BCUT2D eigenvalue weighted by atomic mass is 16.6. The van der Waals surface area contributed by atoms with E-state index in [1.54, 1.807) is 26.8 Å². The number of aryl methyl sites for hydroxylation is 1. The maximum absolute atomic E-state index is 13.0. The van der Waals surface area contributed by atoms with Gasteiger partial charge in [-0.1, -0.05) is 19.1 Å². The van der Waals surface area contributed by atoms with Crippen LogP contribution in [0.3, 0.4) is 0 Å². The summed E-state index contributed by atoms with van der Waals surface area (Å²) < 4.78 is 17.3. The molecule has 2 aromatic carbocycles. The Kier molecular flexibility index (Phi) is 7.10. The van der Waals surface area contributed by atoms with Crippen LogP contribution in [0.25, 0.3) is 11.1 Å². The van der Waals surface area contributed by atoms with E-state index < -0.39 is 17.2 Å². The van der Waals surface area contributed by atoms with E-state index in [1.807, 2.05) is 31.2 Å². The van der Waals surface area contributed by atoms with Crippen molar-refractivity contribution < 1.29 is 33.4 Å². The molecule has 5 rings (SSSR count). The van der Waals surface area contributed by atoms with Gasteiger partial charge in [0.15, 0.2) is 11.6 Å². The summed E-state index contributed by atoms with van der Waals surface area (Å²) in [4.78, 5) is 51.8. The third-order valence-corrected chi connectivity index (χ3v) is 7.61. The van der Waals surface area contributed by atoms with Crippen molar-refractivity contribution in [3.63, 3.8) is 0 Å². The first kappa shape index (κ1) is 27.1. The van der Waals surface area contributed by atoms with Gasteiger partial charge in [0.05, 0.1) is 6.61 Å². The minimum Gasteiger partial charge on any atom is -0.488 e. The van der Waals surface area contributed by atoms with Crippen LogP contribution in [0.4, 0.5) is 4.79 Å². The van der Waals surface area contributed by atoms with Crippen LogP contribution < -0.4 is 4.74 Å². The van der Waals surface area contributed by atoms with E-state index in [0.29, 0.717) is 37.3 Å². The van der Waals surface area contributed by atoms with Crippen LogP contribution in [0.1, 0.15) is 78.8 Å². The fourth-order valence-corrected chi connectivity index (χ4v) is 5.83. The van der Waals surface area contributed by atoms with Gasteiger partial charge in [-0.3, -0.25) is 14.5 Å². The summed E-state index contributed by atoms with van der Waals surface area (Å²) >= 11 is 0. The predicted octanol–water partition coefficient (Wildman–Crippen LogP) is 5.18. The second-order valence-electron chi connectivity index (χ2n) is 12.0. The summed E-state index contributed by atoms with van der Waals surface area (Å²) in [6.45, 7) is 7.67. The Morgan fingerprint density at radius 1 is 1.10 bits per heavy atom. The number of hydrogen-bond acceptors (Lipinski definition) is 7. The summed E-state index contributed by atoms with van der Waals surface area (Å²) in [7, 11) is 0. The predicted molar refractivity (Wildman–Crippen MR) is 144 cm³/mol. The first-order chi connectivity index (χ1) is 18.5. The van der Waals surface area contributed by atoms with Crippen molar-refractivity contribution >= 4 is 23.9 Å². The van der Waals surface area contributed by atoms with Crippen molar-refractivity contribution in [2.24, 2.45) is 5.92 Å². The van der Waals surface area contributed by atoms with Crippen LogP contribution in [-0.2, 0) is 27.3 Å². The number of carbonyl (C=O) groups excluding carboxylic acids is 4. The maximum Gasteiger partial charge on any atom is 0.411 e. The van der Waals surface area contributed by atoms with Gasteiger partial charge in [-0.2, -0.15) is 0 Å². The average molecular weight is 534 g/mol. The summed E-state index contributed by atoms with van der Waals surface area (Å²) in [5.74, 6) is 0.718. The lowest BCUT2D eigenvalue weighted by atomic mass is 9.86. The third-order valence-electron chi connectivity index (χ3n) is 7.61. The maximum atomic E-state index is 13.0. The Morgan fingerprint density at radius 3 is 2.64 bits per heavy atom. The van der Waals surface area contributed by atoms with Gasteiger partial charge in [-0.05, 0) is 80.8 Å². The number of Topliss-reactive ketones (excluding diaryl/α,β-unsaturated/α-hetero) is 2. The second kappa shape index (κ2) is 10.2. The molecule has 8 heteroatoms. The lowest BCUT2D eigenvalue weighted by molar-refractivity contribution is -0.120. The smallest absolute Gasteiger partial charge is 0.411 e. The highest BCUT2D eigenvalue weighted by Gasteiger charge is 2.48. The minimum atomic E-state index is -1.17. The molecule has 0 bridgehead atoms. The molecule has 206 valence electrons. The van der Waals surface area contributed by atoms with Gasteiger partial charge in [0.2, 0.25) is 0 Å². The van der Waals surface area contributed by atoms with Crippen molar-refractivity contribution in [2.75, 3.05) is 19.8 Å². The molecule has 2 aliphatic heterocycles. The van der Waals surface area contributed by atoms with Crippen molar-refractivity contribution in [1.29, 1.82) is 0 Å². The van der Waals surface area contributed by atoms with Gasteiger partial charge in [-0.15, -0.1) is 0 Å². The monoisotopic (exact) mass is 533 g/mol. The zero-order chi connectivity index (χ0) is 27.9. The van der Waals surface area contributed by atoms with Crippen LogP contribution in [0.5, 0.6) is 5.75 Å². The summed E-state index contributed by atoms with van der Waals surface area (Å²) in [5, 5.41) is 0. The van der Waals surface area contributed by atoms with Crippen LogP contribution in [-0.4, -0.2) is 59.7 Å². The zero-order valence-corrected chi connectivity index (χ0v) is 23.0. The quantitative estimate of drug-likeness (QED) is 0.373. The first-order valence-corrected chi connectivity index (χ1v) is 13.5. The topological polar surface area (TPSA) is 99.2 Å². The van der Waals surface area contributed by atoms with Crippen molar-refractivity contribution in [3.8, 4) is 16.9 Å². The van der Waals surface area contributed by atoms with Gasteiger partial charge in [-0.25, -0.2) is 4.79 Å². The van der Waals surface area contributed by atoms with E-state index >= 15 is 0 Å². The SMILES string of the molecule is C[C@@H]1CN(C(=O)OC(C)(C)C)[C@](C=O)(COCC(=O)c2ccc3c(c2)COc2cc4c(cc2-3)CCCC4=O)C1. The highest BCUT2D eigenvalue weighted by molar-refractivity contribution is 6.01. The van der Waals surface area contributed by atoms with E-state index in [-0.39, 0.29) is 30.7 Å². The molecule has 2 aromatic rings. The number of ether oxygens (including phenoxy) is 3. The molecule has 0 saturated carbocycles. The number of fused-ring (bicyclic) bond motifs is 4. The Balaban J connectivity index is 1.28. The lowest BCUT2D eigenvalue weighted by Gasteiger charge is -2.34. The fourth-order valence-electron chi connectivity index (χ4n) is 5.83. The van der Waals surface area contributed by atoms with E-state index in [9.17, 15) is 19.2 Å². The molecular formula is C31H35NO7. The lowest BCUT2D eigenvalue weighted by Crippen LogP contribution is -2.53. The number of aldehydes is 1. The van der Waals surface area contributed by atoms with Crippen molar-refractivity contribution in [3.05, 3.63) is 52.6 Å². The van der Waals surface area contributed by atoms with Gasteiger partial charge in [0, 0.05) is 29.7 Å². The molecule has 0 unspecified atom stereocenters. The summed E-state index contributed by atoms with van der Waals surface area (Å²) in [6.07, 6.45) is 2.91. The summed E-state index contributed by atoms with van der Waals surface area (Å²) in [5.41, 5.74) is 3.23. The fraction of sp³-hybridized carbons (Fsp3) is 0.484. The van der Waals surface area contributed by atoms with Crippen molar-refractivity contribution in [1.82, 2.24) is 4.90 Å². The number of likely N-dealkylation sites (tertiary alicyclic amines) is 1. The van der Waals surface area contributed by atoms with Crippen LogP contribution in [0.2, 0.25) is 0 Å². The standard InChI is InChI=1S/C31H35NO7/c1-19-13-31(17-33,32(14-19)29(36)39-30(2,3)4)18-37-16-27(35)21-8-9-23-22(10-21)15-38-28-12-24-20(11-25(23)28)6-5-7-26(24)34/h8-12,17,19H,5-7,13-16,18H2,1-4H3/t19-,31+/m0/s1. The van der Waals surface area contributed by atoms with E-state index in [4.69, 9.17) is 14.2 Å². The van der Waals surface area contributed by atoms with E-state index in [1.165, 1.54) is 4.90 Å². The molecule has 0 radical (unpaired) electrons. The third kappa shape index (κ3) is 5.35. The minimum absolute atomic E-state index is 0.0862. The van der Waals surface area contributed by atoms with Gasteiger partial charge in [0.25, 0.3) is 0 Å². The molecular weight excluding hydrogens is 498 g/mol. The Bertz CT molecular complexity index is 1340. The van der Waals surface area contributed by atoms with Crippen LogP contribution in [0.15, 0.2) is 30.3 Å². The second-order valence-corrected chi connectivity index (χ2v) is 12.0.